The molecule has 1 N–H and O–H groups in total. The molecule has 0 bridgehead atoms. The number of carbonyl (C=O) groups excluding carboxylic acids is 1. The second-order valence-electron chi connectivity index (χ2n) is 7.39. The number of aromatic nitrogens is 2. The number of ether oxygens (including phenoxy) is 2. The maximum absolute atomic E-state index is 13.2. The lowest BCUT2D eigenvalue weighted by molar-refractivity contribution is 0.0938. The van der Waals surface area contributed by atoms with Crippen molar-refractivity contribution in [3.8, 4) is 17.2 Å². The second-order valence-corrected chi connectivity index (χ2v) is 7.39. The van der Waals surface area contributed by atoms with Crippen LogP contribution in [0.25, 0.3) is 5.69 Å². The molecular weight excluding hydrogens is 397 g/mol. The number of nitrogens with one attached hydrogen (secondary N) is 1. The fraction of sp³-hybridized carbons (Fsp3) is 0.333. The molecule has 1 aromatic heterocycles. The van der Waals surface area contributed by atoms with E-state index in [1.54, 1.807) is 30.8 Å². The Balaban J connectivity index is 1.81. The Bertz CT molecular complexity index is 1060. The van der Waals surface area contributed by atoms with Crippen molar-refractivity contribution in [3.05, 3.63) is 70.8 Å². The first-order valence-corrected chi connectivity index (χ1v) is 10.3. The molecule has 0 aliphatic heterocycles. The van der Waals surface area contributed by atoms with Crippen LogP contribution in [0.2, 0.25) is 0 Å². The third-order valence-electron chi connectivity index (χ3n) is 5.09. The van der Waals surface area contributed by atoms with Gasteiger partial charge in [-0.3, -0.25) is 4.79 Å². The summed E-state index contributed by atoms with van der Waals surface area (Å²) in [4.78, 5) is 13.1. The average Bonchev–Trinajstić information content (AvgIpc) is 3.06. The van der Waals surface area contributed by atoms with Crippen molar-refractivity contribution in [1.82, 2.24) is 15.1 Å². The van der Waals surface area contributed by atoms with Gasteiger partial charge in [-0.2, -0.15) is 5.10 Å². The van der Waals surface area contributed by atoms with Gasteiger partial charge in [0.15, 0.2) is 11.5 Å². The lowest BCUT2D eigenvalue weighted by atomic mass is 10.1. The minimum atomic E-state index is -0.321. The van der Waals surface area contributed by atoms with E-state index in [0.717, 1.165) is 12.0 Å². The third kappa shape index (κ3) is 4.87. The fourth-order valence-corrected chi connectivity index (χ4v) is 3.44. The molecule has 0 spiro atoms. The summed E-state index contributed by atoms with van der Waals surface area (Å²) in [7, 11) is 1.59. The van der Waals surface area contributed by atoms with Gasteiger partial charge < -0.3 is 14.8 Å². The molecule has 3 aromatic rings. The number of halogens is 1. The molecule has 0 saturated carbocycles. The minimum Gasteiger partial charge on any atom is -0.493 e. The van der Waals surface area contributed by atoms with Crippen LogP contribution in [0.15, 0.2) is 42.5 Å². The normalized spacial score (nSPS) is 11.8. The Morgan fingerprint density at radius 2 is 1.87 bits per heavy atom. The number of methoxy groups -OCH3 is 1. The van der Waals surface area contributed by atoms with Gasteiger partial charge in [0.25, 0.3) is 5.91 Å². The maximum atomic E-state index is 13.2. The quantitative estimate of drug-likeness (QED) is 0.557. The van der Waals surface area contributed by atoms with E-state index in [-0.39, 0.29) is 17.8 Å². The van der Waals surface area contributed by atoms with Crippen molar-refractivity contribution in [2.45, 2.75) is 40.2 Å². The van der Waals surface area contributed by atoms with Crippen LogP contribution in [-0.2, 0) is 0 Å². The number of benzene rings is 2. The number of nitrogens with zero attached hydrogens (tertiary/aromatic N) is 2. The molecule has 0 fully saturated rings. The molecular formula is C24H28FN3O3. The van der Waals surface area contributed by atoms with Crippen LogP contribution in [0.5, 0.6) is 11.5 Å². The highest BCUT2D eigenvalue weighted by molar-refractivity contribution is 5.96. The SMILES string of the molecule is CCCOc1ccc(C(C)NC(=O)c2c(C)nn(-c3ccc(F)cc3)c2C)cc1OC. The summed E-state index contributed by atoms with van der Waals surface area (Å²) in [5, 5.41) is 7.51. The van der Waals surface area contributed by atoms with Gasteiger partial charge in [-0.25, -0.2) is 9.07 Å². The van der Waals surface area contributed by atoms with E-state index in [4.69, 9.17) is 9.47 Å². The molecule has 6 nitrogen and oxygen atoms in total. The summed E-state index contributed by atoms with van der Waals surface area (Å²) in [5.41, 5.74) is 3.39. The van der Waals surface area contributed by atoms with Gasteiger partial charge in [0, 0.05) is 0 Å². The van der Waals surface area contributed by atoms with E-state index >= 15 is 0 Å². The van der Waals surface area contributed by atoms with Crippen molar-refractivity contribution in [2.75, 3.05) is 13.7 Å². The van der Waals surface area contributed by atoms with Crippen molar-refractivity contribution >= 4 is 5.91 Å². The zero-order valence-corrected chi connectivity index (χ0v) is 18.5. The molecule has 3 rings (SSSR count). The summed E-state index contributed by atoms with van der Waals surface area (Å²) < 4.78 is 26.0. The van der Waals surface area contributed by atoms with E-state index in [9.17, 15) is 9.18 Å². The Labute approximate surface area is 182 Å². The van der Waals surface area contributed by atoms with Gasteiger partial charge >= 0.3 is 0 Å². The molecule has 7 heteroatoms. The Kier molecular flexibility index (Phi) is 6.95. The lowest BCUT2D eigenvalue weighted by Gasteiger charge is -2.17. The molecule has 31 heavy (non-hydrogen) atoms. The highest BCUT2D eigenvalue weighted by Crippen LogP contribution is 2.30. The van der Waals surface area contributed by atoms with Crippen LogP contribution in [0, 0.1) is 19.7 Å². The number of carbonyl (C=O) groups is 1. The van der Waals surface area contributed by atoms with E-state index in [0.29, 0.717) is 40.7 Å². The summed E-state index contributed by atoms with van der Waals surface area (Å²) >= 11 is 0. The van der Waals surface area contributed by atoms with Gasteiger partial charge in [-0.1, -0.05) is 13.0 Å². The predicted octanol–water partition coefficient (Wildman–Crippen LogP) is 4.92. The van der Waals surface area contributed by atoms with E-state index in [1.165, 1.54) is 12.1 Å². The van der Waals surface area contributed by atoms with Crippen LogP contribution in [-0.4, -0.2) is 29.4 Å². The van der Waals surface area contributed by atoms with E-state index in [2.05, 4.69) is 10.4 Å². The maximum Gasteiger partial charge on any atom is 0.255 e. The van der Waals surface area contributed by atoms with Gasteiger partial charge in [-0.05, 0) is 69.2 Å². The fourth-order valence-electron chi connectivity index (χ4n) is 3.44. The van der Waals surface area contributed by atoms with E-state index in [1.807, 2.05) is 39.0 Å². The smallest absolute Gasteiger partial charge is 0.255 e. The largest absolute Gasteiger partial charge is 0.493 e. The highest BCUT2D eigenvalue weighted by atomic mass is 19.1. The van der Waals surface area contributed by atoms with Crippen molar-refractivity contribution in [2.24, 2.45) is 0 Å². The summed E-state index contributed by atoms with van der Waals surface area (Å²) in [6.07, 6.45) is 0.904. The number of amides is 1. The topological polar surface area (TPSA) is 65.4 Å². The van der Waals surface area contributed by atoms with Crippen LogP contribution in [0.1, 0.15) is 53.6 Å². The predicted molar refractivity (Wildman–Crippen MR) is 118 cm³/mol. The molecule has 1 unspecified atom stereocenters. The minimum absolute atomic E-state index is 0.221. The molecule has 0 aliphatic rings. The first kappa shape index (κ1) is 22.3. The van der Waals surface area contributed by atoms with Crippen molar-refractivity contribution < 1.29 is 18.7 Å². The molecule has 164 valence electrons. The number of hydrogen-bond donors (Lipinski definition) is 1. The first-order chi connectivity index (χ1) is 14.8. The summed E-state index contributed by atoms with van der Waals surface area (Å²) in [6.45, 7) is 8.18. The number of aryl methyl sites for hydroxylation is 1. The molecule has 0 saturated heterocycles. The van der Waals surface area contributed by atoms with Crippen molar-refractivity contribution in [3.63, 3.8) is 0 Å². The third-order valence-corrected chi connectivity index (χ3v) is 5.09. The molecule has 0 radical (unpaired) electrons. The Morgan fingerprint density at radius 1 is 1.16 bits per heavy atom. The zero-order valence-electron chi connectivity index (χ0n) is 18.5. The number of rotatable bonds is 8. The lowest BCUT2D eigenvalue weighted by Crippen LogP contribution is -2.27. The highest BCUT2D eigenvalue weighted by Gasteiger charge is 2.22. The number of hydrogen-bond acceptors (Lipinski definition) is 4. The molecule has 2 aromatic carbocycles. The van der Waals surface area contributed by atoms with E-state index < -0.39 is 0 Å². The van der Waals surface area contributed by atoms with Gasteiger partial charge in [-0.15, -0.1) is 0 Å². The first-order valence-electron chi connectivity index (χ1n) is 10.3. The van der Waals surface area contributed by atoms with Crippen LogP contribution >= 0.6 is 0 Å². The summed E-state index contributed by atoms with van der Waals surface area (Å²) in [5.74, 6) is 0.766. The molecule has 1 amide bonds. The summed E-state index contributed by atoms with van der Waals surface area (Å²) in [6, 6.07) is 11.4. The van der Waals surface area contributed by atoms with Crippen LogP contribution < -0.4 is 14.8 Å². The van der Waals surface area contributed by atoms with Gasteiger partial charge in [0.1, 0.15) is 5.82 Å². The van der Waals surface area contributed by atoms with Crippen LogP contribution in [0.3, 0.4) is 0 Å². The molecule has 0 aliphatic carbocycles. The van der Waals surface area contributed by atoms with Crippen molar-refractivity contribution in [1.29, 1.82) is 0 Å². The monoisotopic (exact) mass is 425 g/mol. The standard InChI is InChI=1S/C24H28FN3O3/c1-6-13-31-21-12-7-18(14-22(21)30-5)15(2)26-24(29)23-16(3)27-28(17(23)4)20-10-8-19(25)9-11-20/h7-12,14-15H,6,13H2,1-5H3,(H,26,29). The molecule has 1 atom stereocenters. The Morgan fingerprint density at radius 3 is 2.52 bits per heavy atom. The van der Waals surface area contributed by atoms with Crippen LogP contribution in [0.4, 0.5) is 4.39 Å². The van der Waals surface area contributed by atoms with Gasteiger partial charge in [0.05, 0.1) is 42.4 Å². The molecule has 1 heterocycles. The second kappa shape index (κ2) is 9.64. The van der Waals surface area contributed by atoms with Gasteiger partial charge in [0.2, 0.25) is 0 Å². The zero-order chi connectivity index (χ0) is 22.5. The average molecular weight is 426 g/mol. The Hall–Kier alpha value is -3.35.